The molecule has 8 nitrogen and oxygen atoms in total. The smallest absolute Gasteiger partial charge is 0.377 e. The first-order valence-electron chi connectivity index (χ1n) is 8.94. The SMILES string of the molecule is Cc1cc(C(=O)OCC(=O)Nc2c(C#N)c(C)c(C)n2C2CCCC2)on1. The molecule has 2 aromatic rings. The molecule has 1 aliphatic carbocycles. The van der Waals surface area contributed by atoms with Gasteiger partial charge in [-0.25, -0.2) is 4.79 Å². The summed E-state index contributed by atoms with van der Waals surface area (Å²) >= 11 is 0. The van der Waals surface area contributed by atoms with Gasteiger partial charge in [-0.15, -0.1) is 0 Å². The van der Waals surface area contributed by atoms with Crippen molar-refractivity contribution in [3.63, 3.8) is 0 Å². The van der Waals surface area contributed by atoms with Crippen LogP contribution in [-0.4, -0.2) is 28.2 Å². The van der Waals surface area contributed by atoms with E-state index in [2.05, 4.69) is 16.5 Å². The van der Waals surface area contributed by atoms with E-state index in [1.54, 1.807) is 6.92 Å². The lowest BCUT2D eigenvalue weighted by Crippen LogP contribution is -2.23. The van der Waals surface area contributed by atoms with Gasteiger partial charge in [0.25, 0.3) is 5.91 Å². The number of anilines is 1. The molecule has 0 spiro atoms. The Morgan fingerprint density at radius 2 is 2.07 bits per heavy atom. The van der Waals surface area contributed by atoms with E-state index in [1.807, 2.05) is 18.4 Å². The number of rotatable bonds is 5. The molecular formula is C19H22N4O4. The maximum Gasteiger partial charge on any atom is 0.377 e. The second-order valence-electron chi connectivity index (χ2n) is 6.81. The third-order valence-electron chi connectivity index (χ3n) is 4.98. The van der Waals surface area contributed by atoms with Crippen LogP contribution in [-0.2, 0) is 9.53 Å². The highest BCUT2D eigenvalue weighted by Gasteiger charge is 2.27. The van der Waals surface area contributed by atoms with E-state index in [4.69, 9.17) is 9.26 Å². The number of esters is 1. The Balaban J connectivity index is 1.74. The lowest BCUT2D eigenvalue weighted by atomic mass is 10.2. The van der Waals surface area contributed by atoms with Crippen LogP contribution in [0.4, 0.5) is 5.82 Å². The van der Waals surface area contributed by atoms with Gasteiger partial charge >= 0.3 is 5.97 Å². The van der Waals surface area contributed by atoms with Gasteiger partial charge in [0.2, 0.25) is 5.76 Å². The van der Waals surface area contributed by atoms with E-state index in [-0.39, 0.29) is 11.8 Å². The summed E-state index contributed by atoms with van der Waals surface area (Å²) in [6, 6.07) is 3.88. The van der Waals surface area contributed by atoms with E-state index in [9.17, 15) is 14.9 Å². The Hall–Kier alpha value is -3.08. The maximum absolute atomic E-state index is 12.4. The third kappa shape index (κ3) is 3.72. The number of ether oxygens (including phenoxy) is 1. The molecule has 0 atom stereocenters. The number of aromatic nitrogens is 2. The minimum atomic E-state index is -0.759. The molecule has 0 aromatic carbocycles. The molecule has 142 valence electrons. The monoisotopic (exact) mass is 370 g/mol. The Labute approximate surface area is 157 Å². The number of nitrogens with one attached hydrogen (secondary N) is 1. The van der Waals surface area contributed by atoms with Gasteiger partial charge in [0.15, 0.2) is 6.61 Å². The molecule has 1 amide bonds. The molecule has 1 aliphatic rings. The number of nitriles is 1. The van der Waals surface area contributed by atoms with Crippen molar-refractivity contribution in [3.8, 4) is 6.07 Å². The third-order valence-corrected chi connectivity index (χ3v) is 4.98. The largest absolute Gasteiger partial charge is 0.450 e. The van der Waals surface area contributed by atoms with Crippen molar-refractivity contribution in [1.82, 2.24) is 9.72 Å². The molecule has 0 unspecified atom stereocenters. The number of aryl methyl sites for hydroxylation is 1. The molecule has 0 aliphatic heterocycles. The zero-order chi connectivity index (χ0) is 19.6. The fraction of sp³-hybridized carbons (Fsp3) is 0.474. The van der Waals surface area contributed by atoms with Gasteiger partial charge in [0, 0.05) is 17.8 Å². The van der Waals surface area contributed by atoms with Crippen LogP contribution in [0.15, 0.2) is 10.6 Å². The predicted octanol–water partition coefficient (Wildman–Crippen LogP) is 3.18. The van der Waals surface area contributed by atoms with Crippen LogP contribution >= 0.6 is 0 Å². The maximum atomic E-state index is 12.4. The minimum Gasteiger partial charge on any atom is -0.450 e. The van der Waals surface area contributed by atoms with Gasteiger partial charge in [-0.1, -0.05) is 18.0 Å². The molecule has 1 saturated carbocycles. The van der Waals surface area contributed by atoms with Crippen LogP contribution in [0.3, 0.4) is 0 Å². The number of hydrogen-bond acceptors (Lipinski definition) is 6. The average molecular weight is 370 g/mol. The summed E-state index contributed by atoms with van der Waals surface area (Å²) in [6.45, 7) is 5.04. The van der Waals surface area contributed by atoms with Crippen molar-refractivity contribution in [2.24, 2.45) is 0 Å². The first-order chi connectivity index (χ1) is 12.9. The molecule has 0 saturated heterocycles. The summed E-state index contributed by atoms with van der Waals surface area (Å²) in [6.07, 6.45) is 4.29. The average Bonchev–Trinajstić information content (AvgIpc) is 3.35. The highest BCUT2D eigenvalue weighted by Crippen LogP contribution is 2.37. The van der Waals surface area contributed by atoms with E-state index in [1.165, 1.54) is 6.07 Å². The van der Waals surface area contributed by atoms with E-state index < -0.39 is 18.5 Å². The van der Waals surface area contributed by atoms with Crippen LogP contribution in [0.5, 0.6) is 0 Å². The van der Waals surface area contributed by atoms with Crippen LogP contribution < -0.4 is 5.32 Å². The Morgan fingerprint density at radius 3 is 2.67 bits per heavy atom. The number of nitrogens with zero attached hydrogens (tertiary/aromatic N) is 3. The van der Waals surface area contributed by atoms with Gasteiger partial charge in [0.05, 0.1) is 11.3 Å². The first-order valence-corrected chi connectivity index (χ1v) is 8.94. The molecule has 2 aromatic heterocycles. The van der Waals surface area contributed by atoms with Gasteiger partial charge in [0.1, 0.15) is 11.9 Å². The standard InChI is InChI=1S/C19H22N4O4/c1-11-8-16(27-22-11)19(25)26-10-17(24)21-18-15(9-20)12(2)13(3)23(18)14-6-4-5-7-14/h8,14H,4-7,10H2,1-3H3,(H,21,24). The summed E-state index contributed by atoms with van der Waals surface area (Å²) in [5, 5.41) is 15.9. The highest BCUT2D eigenvalue weighted by molar-refractivity contribution is 5.95. The normalized spacial score (nSPS) is 14.1. The fourth-order valence-electron chi connectivity index (χ4n) is 3.54. The molecule has 1 fully saturated rings. The number of carbonyl (C=O) groups excluding carboxylic acids is 2. The van der Waals surface area contributed by atoms with Gasteiger partial charge in [-0.05, 0) is 39.2 Å². The van der Waals surface area contributed by atoms with Gasteiger partial charge < -0.3 is 19.1 Å². The summed E-state index contributed by atoms with van der Waals surface area (Å²) in [5.41, 5.74) is 2.83. The summed E-state index contributed by atoms with van der Waals surface area (Å²) in [7, 11) is 0. The van der Waals surface area contributed by atoms with Crippen LogP contribution in [0, 0.1) is 32.1 Å². The second-order valence-corrected chi connectivity index (χ2v) is 6.81. The molecule has 1 N–H and O–H groups in total. The first kappa shape index (κ1) is 18.7. The van der Waals surface area contributed by atoms with E-state index in [0.29, 0.717) is 17.1 Å². The molecular weight excluding hydrogens is 348 g/mol. The molecule has 8 heteroatoms. The van der Waals surface area contributed by atoms with Crippen LogP contribution in [0.25, 0.3) is 0 Å². The summed E-state index contributed by atoms with van der Waals surface area (Å²) in [5.74, 6) is -0.840. The van der Waals surface area contributed by atoms with Crippen molar-refractivity contribution < 1.29 is 18.8 Å². The zero-order valence-electron chi connectivity index (χ0n) is 15.7. The topological polar surface area (TPSA) is 110 Å². The zero-order valence-corrected chi connectivity index (χ0v) is 15.7. The van der Waals surface area contributed by atoms with Crippen LogP contribution in [0.2, 0.25) is 0 Å². The molecule has 2 heterocycles. The predicted molar refractivity (Wildman–Crippen MR) is 96.3 cm³/mol. The lowest BCUT2D eigenvalue weighted by molar-refractivity contribution is -0.119. The molecule has 27 heavy (non-hydrogen) atoms. The Kier molecular flexibility index (Phi) is 5.31. The highest BCUT2D eigenvalue weighted by atomic mass is 16.6. The number of amides is 1. The van der Waals surface area contributed by atoms with Crippen molar-refractivity contribution in [2.45, 2.75) is 52.5 Å². The van der Waals surface area contributed by atoms with Crippen molar-refractivity contribution >= 4 is 17.7 Å². The van der Waals surface area contributed by atoms with Crippen LogP contribution in [0.1, 0.15) is 64.8 Å². The molecule has 0 bridgehead atoms. The van der Waals surface area contributed by atoms with E-state index in [0.717, 1.165) is 36.9 Å². The van der Waals surface area contributed by atoms with Gasteiger partial charge in [-0.3, -0.25) is 4.79 Å². The van der Waals surface area contributed by atoms with E-state index >= 15 is 0 Å². The minimum absolute atomic E-state index is 0.0565. The van der Waals surface area contributed by atoms with Crippen molar-refractivity contribution in [3.05, 3.63) is 34.3 Å². The lowest BCUT2D eigenvalue weighted by Gasteiger charge is -2.19. The summed E-state index contributed by atoms with van der Waals surface area (Å²) < 4.78 is 11.8. The van der Waals surface area contributed by atoms with Crippen molar-refractivity contribution in [1.29, 1.82) is 5.26 Å². The quantitative estimate of drug-likeness (QED) is 0.809. The van der Waals surface area contributed by atoms with Crippen molar-refractivity contribution in [2.75, 3.05) is 11.9 Å². The Morgan fingerprint density at radius 1 is 1.37 bits per heavy atom. The summed E-state index contributed by atoms with van der Waals surface area (Å²) in [4.78, 5) is 24.2. The number of hydrogen-bond donors (Lipinski definition) is 1. The second kappa shape index (κ2) is 7.66. The Bertz CT molecular complexity index is 913. The molecule has 3 rings (SSSR count). The molecule has 0 radical (unpaired) electrons. The van der Waals surface area contributed by atoms with Gasteiger partial charge in [-0.2, -0.15) is 5.26 Å². The fourth-order valence-corrected chi connectivity index (χ4v) is 3.54. The number of carbonyl (C=O) groups is 2.